The zero-order valence-electron chi connectivity index (χ0n) is 21.7. The maximum absolute atomic E-state index is 14.1. The Labute approximate surface area is 236 Å². The number of para-hydroxylation sites is 1. The van der Waals surface area contributed by atoms with Crippen molar-refractivity contribution in [3.8, 4) is 11.5 Å². The fraction of sp³-hybridized carbons (Fsp3) is 0.267. The van der Waals surface area contributed by atoms with Crippen molar-refractivity contribution in [2.24, 2.45) is 5.92 Å². The van der Waals surface area contributed by atoms with Gasteiger partial charge in [0.1, 0.15) is 18.1 Å². The van der Waals surface area contributed by atoms with Crippen LogP contribution in [0.5, 0.6) is 11.5 Å². The first-order valence-corrected chi connectivity index (χ1v) is 13.6. The Morgan fingerprint density at radius 1 is 1.05 bits per heavy atom. The summed E-state index contributed by atoms with van der Waals surface area (Å²) in [4.78, 5) is 29.8. The minimum atomic E-state index is -0.728. The SMILES string of the molecule is O=C(Nc1ccc2c(c1)OCO2)[C@@H]([C@@H]1CC=CCC1)N(Cc1ccc(Cl)cc1)C(=O)Cn1nnc2ccccc21. The summed E-state index contributed by atoms with van der Waals surface area (Å²) in [6, 6.07) is 19.4. The van der Waals surface area contributed by atoms with Gasteiger partial charge in [0.05, 0.1) is 5.52 Å². The first-order chi connectivity index (χ1) is 19.5. The minimum absolute atomic E-state index is 0.0511. The topological polar surface area (TPSA) is 98.6 Å². The number of allylic oxidation sites excluding steroid dienone is 2. The number of amides is 2. The standard InChI is InChI=1S/C30H28ClN5O4/c31-22-12-10-20(11-13-22)17-35(28(37)18-36-25-9-5-4-8-24(25)33-34-36)29(21-6-2-1-3-7-21)30(38)32-23-14-15-26-27(16-23)40-19-39-26/h1-2,4-5,8-16,21,29H,3,6-7,17-19H2,(H,32,38)/t21-,29-/m1/s1. The van der Waals surface area contributed by atoms with Gasteiger partial charge < -0.3 is 19.7 Å². The van der Waals surface area contributed by atoms with Crippen molar-refractivity contribution >= 4 is 40.1 Å². The molecule has 0 fully saturated rings. The first-order valence-electron chi connectivity index (χ1n) is 13.2. The largest absolute Gasteiger partial charge is 0.454 e. The van der Waals surface area contributed by atoms with E-state index in [-0.39, 0.29) is 37.6 Å². The van der Waals surface area contributed by atoms with Crippen LogP contribution in [0.25, 0.3) is 11.0 Å². The summed E-state index contributed by atoms with van der Waals surface area (Å²) >= 11 is 6.14. The maximum atomic E-state index is 14.1. The molecular formula is C30H28ClN5O4. The molecule has 2 aliphatic rings. The third-order valence-corrected chi connectivity index (χ3v) is 7.54. The van der Waals surface area contributed by atoms with Crippen LogP contribution < -0.4 is 14.8 Å². The molecule has 2 heterocycles. The van der Waals surface area contributed by atoms with E-state index in [9.17, 15) is 9.59 Å². The molecule has 40 heavy (non-hydrogen) atoms. The molecule has 0 saturated heterocycles. The van der Waals surface area contributed by atoms with E-state index in [0.29, 0.717) is 34.1 Å². The van der Waals surface area contributed by atoms with Gasteiger partial charge in [-0.25, -0.2) is 4.68 Å². The van der Waals surface area contributed by atoms with Crippen LogP contribution >= 0.6 is 11.6 Å². The molecule has 9 nitrogen and oxygen atoms in total. The quantitative estimate of drug-likeness (QED) is 0.299. The summed E-state index contributed by atoms with van der Waals surface area (Å²) in [6.07, 6.45) is 6.53. The average molecular weight is 558 g/mol. The van der Waals surface area contributed by atoms with Crippen molar-refractivity contribution in [2.75, 3.05) is 12.1 Å². The molecule has 10 heteroatoms. The number of anilines is 1. The molecule has 0 spiro atoms. The zero-order chi connectivity index (χ0) is 27.5. The molecule has 204 valence electrons. The predicted octanol–water partition coefficient (Wildman–Crippen LogP) is 5.21. The molecule has 1 aliphatic carbocycles. The Hall–Kier alpha value is -4.37. The average Bonchev–Trinajstić information content (AvgIpc) is 3.61. The van der Waals surface area contributed by atoms with E-state index in [4.69, 9.17) is 21.1 Å². The van der Waals surface area contributed by atoms with Crippen molar-refractivity contribution in [2.45, 2.75) is 38.4 Å². The second kappa shape index (κ2) is 11.4. The Morgan fingerprint density at radius 3 is 2.70 bits per heavy atom. The van der Waals surface area contributed by atoms with Gasteiger partial charge in [0.25, 0.3) is 0 Å². The van der Waals surface area contributed by atoms with E-state index in [1.165, 1.54) is 0 Å². The summed E-state index contributed by atoms with van der Waals surface area (Å²) in [6.45, 7) is 0.330. The Bertz CT molecular complexity index is 1570. The van der Waals surface area contributed by atoms with Gasteiger partial charge in [0, 0.05) is 23.3 Å². The van der Waals surface area contributed by atoms with E-state index in [2.05, 4.69) is 27.8 Å². The van der Waals surface area contributed by atoms with Gasteiger partial charge in [0.2, 0.25) is 18.6 Å². The molecular weight excluding hydrogens is 530 g/mol. The van der Waals surface area contributed by atoms with Crippen LogP contribution in [0.2, 0.25) is 5.02 Å². The van der Waals surface area contributed by atoms with Crippen molar-refractivity contribution in [3.63, 3.8) is 0 Å². The monoisotopic (exact) mass is 557 g/mol. The first kappa shape index (κ1) is 25.9. The number of halogens is 1. The maximum Gasteiger partial charge on any atom is 0.247 e. The molecule has 1 N–H and O–H groups in total. The highest BCUT2D eigenvalue weighted by molar-refractivity contribution is 6.30. The van der Waals surface area contributed by atoms with Crippen molar-refractivity contribution in [3.05, 3.63) is 89.5 Å². The molecule has 0 radical (unpaired) electrons. The van der Waals surface area contributed by atoms with Gasteiger partial charge in [0.15, 0.2) is 11.5 Å². The molecule has 0 bridgehead atoms. The summed E-state index contributed by atoms with van der Waals surface area (Å²) in [7, 11) is 0. The lowest BCUT2D eigenvalue weighted by Gasteiger charge is -2.37. The molecule has 2 amide bonds. The minimum Gasteiger partial charge on any atom is -0.454 e. The van der Waals surface area contributed by atoms with Crippen LogP contribution in [0.3, 0.4) is 0 Å². The van der Waals surface area contributed by atoms with Crippen LogP contribution in [-0.4, -0.2) is 44.5 Å². The molecule has 0 saturated carbocycles. The highest BCUT2D eigenvalue weighted by Gasteiger charge is 2.37. The number of carbonyl (C=O) groups excluding carboxylic acids is 2. The van der Waals surface area contributed by atoms with Crippen LogP contribution in [0.4, 0.5) is 5.69 Å². The van der Waals surface area contributed by atoms with Gasteiger partial charge in [-0.15, -0.1) is 5.10 Å². The summed E-state index contributed by atoms with van der Waals surface area (Å²) in [5.41, 5.74) is 2.90. The summed E-state index contributed by atoms with van der Waals surface area (Å²) in [5.74, 6) is 0.646. The van der Waals surface area contributed by atoms with E-state index < -0.39 is 6.04 Å². The van der Waals surface area contributed by atoms with E-state index >= 15 is 0 Å². The molecule has 4 aromatic rings. The number of ether oxygens (including phenoxy) is 2. The molecule has 2 atom stereocenters. The van der Waals surface area contributed by atoms with Crippen LogP contribution in [0, 0.1) is 5.92 Å². The molecule has 1 aromatic heterocycles. The van der Waals surface area contributed by atoms with Crippen molar-refractivity contribution in [1.29, 1.82) is 0 Å². The van der Waals surface area contributed by atoms with E-state index in [0.717, 1.165) is 23.9 Å². The normalized spacial score (nSPS) is 16.6. The van der Waals surface area contributed by atoms with Crippen LogP contribution in [0.1, 0.15) is 24.8 Å². The lowest BCUT2D eigenvalue weighted by atomic mass is 9.85. The smallest absolute Gasteiger partial charge is 0.247 e. The third-order valence-electron chi connectivity index (χ3n) is 7.29. The number of benzene rings is 3. The van der Waals surface area contributed by atoms with Crippen LogP contribution in [-0.2, 0) is 22.7 Å². The third kappa shape index (κ3) is 5.51. The number of hydrogen-bond acceptors (Lipinski definition) is 6. The number of nitrogens with one attached hydrogen (secondary N) is 1. The number of rotatable bonds is 8. The van der Waals surface area contributed by atoms with Gasteiger partial charge in [-0.05, 0) is 67.1 Å². The van der Waals surface area contributed by atoms with E-state index in [1.54, 1.807) is 39.9 Å². The second-order valence-corrected chi connectivity index (χ2v) is 10.4. The molecule has 1 aliphatic heterocycles. The molecule has 3 aromatic carbocycles. The fourth-order valence-corrected chi connectivity index (χ4v) is 5.41. The Kier molecular flexibility index (Phi) is 7.37. The van der Waals surface area contributed by atoms with Gasteiger partial charge in [-0.2, -0.15) is 0 Å². The van der Waals surface area contributed by atoms with E-state index in [1.807, 2.05) is 36.4 Å². The van der Waals surface area contributed by atoms with Gasteiger partial charge in [-0.3, -0.25) is 9.59 Å². The summed E-state index contributed by atoms with van der Waals surface area (Å²) < 4.78 is 12.5. The second-order valence-electron chi connectivity index (χ2n) is 9.93. The number of aromatic nitrogens is 3. The van der Waals surface area contributed by atoms with Crippen LogP contribution in [0.15, 0.2) is 78.9 Å². The highest BCUT2D eigenvalue weighted by atomic mass is 35.5. The number of carbonyl (C=O) groups is 2. The Balaban J connectivity index is 1.34. The zero-order valence-corrected chi connectivity index (χ0v) is 22.5. The Morgan fingerprint density at radius 2 is 1.88 bits per heavy atom. The predicted molar refractivity (Wildman–Crippen MR) is 151 cm³/mol. The van der Waals surface area contributed by atoms with Gasteiger partial charge in [-0.1, -0.05) is 53.2 Å². The van der Waals surface area contributed by atoms with Crippen molar-refractivity contribution < 1.29 is 19.1 Å². The van der Waals surface area contributed by atoms with Crippen molar-refractivity contribution in [1.82, 2.24) is 19.9 Å². The lowest BCUT2D eigenvalue weighted by Crippen LogP contribution is -2.52. The van der Waals surface area contributed by atoms with Gasteiger partial charge >= 0.3 is 0 Å². The number of hydrogen-bond donors (Lipinski definition) is 1. The fourth-order valence-electron chi connectivity index (χ4n) is 5.29. The number of nitrogens with zero attached hydrogens (tertiary/aromatic N) is 4. The molecule has 6 rings (SSSR count). The highest BCUT2D eigenvalue weighted by Crippen LogP contribution is 2.35. The molecule has 0 unspecified atom stereocenters. The summed E-state index contributed by atoms with van der Waals surface area (Å²) in [5, 5.41) is 12.1. The lowest BCUT2D eigenvalue weighted by molar-refractivity contribution is -0.142. The number of fused-ring (bicyclic) bond motifs is 2.